The SMILES string of the molecule is C=CCN(CC=C)C(=O)C(C)NC(=O)C1CC1C. The third-order valence-electron chi connectivity index (χ3n) is 3.19. The van der Waals surface area contributed by atoms with E-state index in [4.69, 9.17) is 0 Å². The minimum absolute atomic E-state index is 0.0134. The van der Waals surface area contributed by atoms with Gasteiger partial charge in [0.1, 0.15) is 6.04 Å². The lowest BCUT2D eigenvalue weighted by molar-refractivity contribution is -0.135. The van der Waals surface area contributed by atoms with Crippen LogP contribution in [-0.4, -0.2) is 35.8 Å². The standard InChI is InChI=1S/C14H22N2O2/c1-5-7-16(8-6-2)14(18)11(4)15-13(17)12-9-10(12)3/h5-6,10-12H,1-2,7-9H2,3-4H3,(H,15,17). The molecule has 0 radical (unpaired) electrons. The minimum Gasteiger partial charge on any atom is -0.344 e. The Morgan fingerprint density at radius 3 is 2.28 bits per heavy atom. The predicted octanol–water partition coefficient (Wildman–Crippen LogP) is 1.35. The monoisotopic (exact) mass is 250 g/mol. The Morgan fingerprint density at radius 2 is 1.89 bits per heavy atom. The second-order valence-electron chi connectivity index (χ2n) is 4.87. The number of rotatable bonds is 7. The molecule has 0 aromatic carbocycles. The van der Waals surface area contributed by atoms with E-state index in [-0.39, 0.29) is 17.7 Å². The number of carbonyl (C=O) groups excluding carboxylic acids is 2. The summed E-state index contributed by atoms with van der Waals surface area (Å²) in [6.45, 7) is 11.9. The Hall–Kier alpha value is -1.58. The molecule has 1 aliphatic carbocycles. The van der Waals surface area contributed by atoms with Crippen molar-refractivity contribution in [3.63, 3.8) is 0 Å². The van der Waals surface area contributed by atoms with Crippen LogP contribution >= 0.6 is 0 Å². The number of hydrogen-bond donors (Lipinski definition) is 1. The van der Waals surface area contributed by atoms with Crippen molar-refractivity contribution >= 4 is 11.8 Å². The molecule has 0 bridgehead atoms. The summed E-state index contributed by atoms with van der Waals surface area (Å²) in [5, 5.41) is 2.77. The molecule has 1 fully saturated rings. The molecule has 100 valence electrons. The molecule has 1 saturated carbocycles. The van der Waals surface area contributed by atoms with Crippen molar-refractivity contribution in [3.8, 4) is 0 Å². The summed E-state index contributed by atoms with van der Waals surface area (Å²) in [5.41, 5.74) is 0. The van der Waals surface area contributed by atoms with E-state index in [2.05, 4.69) is 18.5 Å². The van der Waals surface area contributed by atoms with E-state index >= 15 is 0 Å². The van der Waals surface area contributed by atoms with Crippen molar-refractivity contribution in [2.75, 3.05) is 13.1 Å². The fraction of sp³-hybridized carbons (Fsp3) is 0.571. The molecule has 2 amide bonds. The van der Waals surface area contributed by atoms with Crippen LogP contribution < -0.4 is 5.32 Å². The summed E-state index contributed by atoms with van der Waals surface area (Å²) in [6.07, 6.45) is 4.26. The maximum Gasteiger partial charge on any atom is 0.245 e. The summed E-state index contributed by atoms with van der Waals surface area (Å²) in [6, 6.07) is -0.495. The van der Waals surface area contributed by atoms with E-state index in [1.807, 2.05) is 6.92 Å². The Balaban J connectivity index is 2.49. The summed E-state index contributed by atoms with van der Waals surface area (Å²) in [4.78, 5) is 25.5. The highest BCUT2D eigenvalue weighted by atomic mass is 16.2. The zero-order chi connectivity index (χ0) is 13.7. The third-order valence-corrected chi connectivity index (χ3v) is 3.19. The van der Waals surface area contributed by atoms with E-state index < -0.39 is 6.04 Å². The van der Waals surface area contributed by atoms with Gasteiger partial charge in [-0.3, -0.25) is 9.59 Å². The van der Waals surface area contributed by atoms with Crippen LogP contribution in [-0.2, 0) is 9.59 Å². The molecule has 0 spiro atoms. The molecule has 4 nitrogen and oxygen atoms in total. The van der Waals surface area contributed by atoms with Crippen molar-refractivity contribution in [3.05, 3.63) is 25.3 Å². The first-order valence-corrected chi connectivity index (χ1v) is 6.32. The molecule has 0 saturated heterocycles. The van der Waals surface area contributed by atoms with E-state index in [1.54, 1.807) is 24.0 Å². The van der Waals surface area contributed by atoms with Gasteiger partial charge in [0.25, 0.3) is 0 Å². The molecule has 0 aromatic heterocycles. The molecule has 1 aliphatic rings. The molecule has 0 heterocycles. The van der Waals surface area contributed by atoms with E-state index in [0.29, 0.717) is 19.0 Å². The fourth-order valence-corrected chi connectivity index (χ4v) is 1.91. The average molecular weight is 250 g/mol. The van der Waals surface area contributed by atoms with Gasteiger partial charge in [0.2, 0.25) is 11.8 Å². The van der Waals surface area contributed by atoms with Gasteiger partial charge in [-0.05, 0) is 19.3 Å². The molecule has 3 atom stereocenters. The van der Waals surface area contributed by atoms with Crippen LogP contribution in [0.3, 0.4) is 0 Å². The molecule has 0 aliphatic heterocycles. The fourth-order valence-electron chi connectivity index (χ4n) is 1.91. The average Bonchev–Trinajstić information content (AvgIpc) is 3.05. The molecular weight excluding hydrogens is 228 g/mol. The van der Waals surface area contributed by atoms with Crippen LogP contribution in [0.1, 0.15) is 20.3 Å². The molecule has 4 heteroatoms. The van der Waals surface area contributed by atoms with Gasteiger partial charge in [-0.15, -0.1) is 13.2 Å². The van der Waals surface area contributed by atoms with E-state index in [1.165, 1.54) is 0 Å². The highest BCUT2D eigenvalue weighted by molar-refractivity contribution is 5.89. The Kier molecular flexibility index (Phi) is 5.13. The Morgan fingerprint density at radius 1 is 1.39 bits per heavy atom. The third kappa shape index (κ3) is 3.72. The van der Waals surface area contributed by atoms with Gasteiger partial charge in [-0.25, -0.2) is 0 Å². The van der Waals surface area contributed by atoms with Crippen LogP contribution in [0.4, 0.5) is 0 Å². The largest absolute Gasteiger partial charge is 0.344 e. The van der Waals surface area contributed by atoms with Gasteiger partial charge in [0, 0.05) is 19.0 Å². The van der Waals surface area contributed by atoms with Crippen molar-refractivity contribution in [1.82, 2.24) is 10.2 Å². The maximum atomic E-state index is 12.1. The lowest BCUT2D eigenvalue weighted by Gasteiger charge is -2.23. The highest BCUT2D eigenvalue weighted by Crippen LogP contribution is 2.37. The molecular formula is C14H22N2O2. The first-order chi connectivity index (χ1) is 8.51. The maximum absolute atomic E-state index is 12.1. The number of hydrogen-bond acceptors (Lipinski definition) is 2. The van der Waals surface area contributed by atoms with Gasteiger partial charge in [-0.1, -0.05) is 19.1 Å². The molecule has 1 N–H and O–H groups in total. The number of carbonyl (C=O) groups is 2. The number of nitrogens with one attached hydrogen (secondary N) is 1. The van der Waals surface area contributed by atoms with Gasteiger partial charge in [-0.2, -0.15) is 0 Å². The molecule has 18 heavy (non-hydrogen) atoms. The first kappa shape index (κ1) is 14.5. The highest BCUT2D eigenvalue weighted by Gasteiger charge is 2.40. The minimum atomic E-state index is -0.495. The van der Waals surface area contributed by atoms with Gasteiger partial charge in [0.15, 0.2) is 0 Å². The molecule has 0 aromatic rings. The van der Waals surface area contributed by atoms with E-state index in [0.717, 1.165) is 6.42 Å². The molecule has 1 rings (SSSR count). The smallest absolute Gasteiger partial charge is 0.245 e. The van der Waals surface area contributed by atoms with Crippen molar-refractivity contribution in [1.29, 1.82) is 0 Å². The number of amides is 2. The van der Waals surface area contributed by atoms with Crippen LogP contribution in [0.15, 0.2) is 25.3 Å². The van der Waals surface area contributed by atoms with Gasteiger partial charge < -0.3 is 10.2 Å². The summed E-state index contributed by atoms with van der Waals surface area (Å²) >= 11 is 0. The normalized spacial score (nSPS) is 22.8. The zero-order valence-corrected chi connectivity index (χ0v) is 11.2. The lowest BCUT2D eigenvalue weighted by Crippen LogP contribution is -2.47. The van der Waals surface area contributed by atoms with Crippen LogP contribution in [0.5, 0.6) is 0 Å². The van der Waals surface area contributed by atoms with Crippen LogP contribution in [0.25, 0.3) is 0 Å². The summed E-state index contributed by atoms with van der Waals surface area (Å²) < 4.78 is 0. The van der Waals surface area contributed by atoms with Crippen molar-refractivity contribution in [2.24, 2.45) is 11.8 Å². The molecule has 3 unspecified atom stereocenters. The summed E-state index contributed by atoms with van der Waals surface area (Å²) in [7, 11) is 0. The van der Waals surface area contributed by atoms with E-state index in [9.17, 15) is 9.59 Å². The van der Waals surface area contributed by atoms with Crippen molar-refractivity contribution in [2.45, 2.75) is 26.3 Å². The number of nitrogens with zero attached hydrogens (tertiary/aromatic N) is 1. The Labute approximate surface area is 109 Å². The van der Waals surface area contributed by atoms with Crippen LogP contribution in [0.2, 0.25) is 0 Å². The van der Waals surface area contributed by atoms with Gasteiger partial charge in [0.05, 0.1) is 0 Å². The zero-order valence-electron chi connectivity index (χ0n) is 11.2. The van der Waals surface area contributed by atoms with Crippen molar-refractivity contribution < 1.29 is 9.59 Å². The topological polar surface area (TPSA) is 49.4 Å². The Bertz CT molecular complexity index is 342. The first-order valence-electron chi connectivity index (χ1n) is 6.32. The quantitative estimate of drug-likeness (QED) is 0.693. The van der Waals surface area contributed by atoms with Gasteiger partial charge >= 0.3 is 0 Å². The lowest BCUT2D eigenvalue weighted by atomic mass is 10.2. The van der Waals surface area contributed by atoms with Crippen LogP contribution in [0, 0.1) is 11.8 Å². The predicted molar refractivity (Wildman–Crippen MR) is 71.8 cm³/mol. The second-order valence-corrected chi connectivity index (χ2v) is 4.87. The second kappa shape index (κ2) is 6.38. The summed E-state index contributed by atoms with van der Waals surface area (Å²) in [5.74, 6) is 0.425.